The maximum absolute atomic E-state index is 11.8. The Morgan fingerprint density at radius 1 is 1.35 bits per heavy atom. The van der Waals surface area contributed by atoms with Gasteiger partial charge in [0.05, 0.1) is 11.5 Å². The number of hydrogen-bond donors (Lipinski definition) is 1. The van der Waals surface area contributed by atoms with E-state index in [0.717, 1.165) is 22.2 Å². The molecule has 0 bridgehead atoms. The molecule has 1 N–H and O–H groups in total. The SMILES string of the molecule is O=C1NC(=S)SC1=Cc1cc(Br)ccc1OCCc1cccs1. The molecule has 3 rings (SSSR count). The lowest BCUT2D eigenvalue weighted by Crippen LogP contribution is -2.17. The fraction of sp³-hybridized carbons (Fsp3) is 0.125. The van der Waals surface area contributed by atoms with Crippen molar-refractivity contribution in [3.8, 4) is 5.75 Å². The Morgan fingerprint density at radius 2 is 2.22 bits per heavy atom. The summed E-state index contributed by atoms with van der Waals surface area (Å²) in [7, 11) is 0. The van der Waals surface area contributed by atoms with E-state index in [0.29, 0.717) is 15.8 Å². The van der Waals surface area contributed by atoms with Crippen LogP contribution < -0.4 is 10.1 Å². The molecule has 1 aliphatic rings. The van der Waals surface area contributed by atoms with Gasteiger partial charge in [-0.25, -0.2) is 0 Å². The van der Waals surface area contributed by atoms with E-state index in [9.17, 15) is 4.79 Å². The molecular formula is C16H12BrNO2S3. The monoisotopic (exact) mass is 425 g/mol. The summed E-state index contributed by atoms with van der Waals surface area (Å²) in [5, 5.41) is 4.68. The van der Waals surface area contributed by atoms with Crippen LogP contribution in [0, 0.1) is 0 Å². The molecule has 0 saturated carbocycles. The first-order chi connectivity index (χ1) is 11.1. The molecule has 23 heavy (non-hydrogen) atoms. The Balaban J connectivity index is 1.76. The Morgan fingerprint density at radius 3 is 2.91 bits per heavy atom. The molecule has 2 aromatic rings. The molecular weight excluding hydrogens is 414 g/mol. The lowest BCUT2D eigenvalue weighted by Gasteiger charge is -2.09. The van der Waals surface area contributed by atoms with Crippen LogP contribution in [0.2, 0.25) is 0 Å². The number of ether oxygens (including phenoxy) is 1. The molecule has 1 aromatic heterocycles. The first-order valence-electron chi connectivity index (χ1n) is 6.81. The summed E-state index contributed by atoms with van der Waals surface area (Å²) in [6.45, 7) is 0.593. The van der Waals surface area contributed by atoms with Crippen molar-refractivity contribution in [1.29, 1.82) is 0 Å². The average Bonchev–Trinajstić information content (AvgIpc) is 3.12. The van der Waals surface area contributed by atoms with Gasteiger partial charge in [0.15, 0.2) is 0 Å². The van der Waals surface area contributed by atoms with Gasteiger partial charge in [-0.2, -0.15) is 0 Å². The summed E-state index contributed by atoms with van der Waals surface area (Å²) in [4.78, 5) is 13.7. The van der Waals surface area contributed by atoms with E-state index in [1.165, 1.54) is 16.6 Å². The summed E-state index contributed by atoms with van der Waals surface area (Å²) >= 11 is 11.5. The number of nitrogens with one attached hydrogen (secondary N) is 1. The minimum Gasteiger partial charge on any atom is -0.493 e. The van der Waals surface area contributed by atoms with Gasteiger partial charge in [0, 0.05) is 21.3 Å². The van der Waals surface area contributed by atoms with Crippen molar-refractivity contribution in [3.63, 3.8) is 0 Å². The molecule has 1 aliphatic heterocycles. The second-order valence-electron chi connectivity index (χ2n) is 4.71. The molecule has 0 unspecified atom stereocenters. The lowest BCUT2D eigenvalue weighted by atomic mass is 10.2. The standard InChI is InChI=1S/C16H12BrNO2S3/c17-11-3-4-13(20-6-5-12-2-1-7-22-12)10(8-11)9-14-15(19)18-16(21)23-14/h1-4,7-9H,5-6H2,(H,18,19,21). The summed E-state index contributed by atoms with van der Waals surface area (Å²) in [5.74, 6) is 0.591. The third-order valence-electron chi connectivity index (χ3n) is 3.09. The molecule has 0 aliphatic carbocycles. The topological polar surface area (TPSA) is 38.3 Å². The highest BCUT2D eigenvalue weighted by Gasteiger charge is 2.22. The Bertz CT molecular complexity index is 772. The van der Waals surface area contributed by atoms with Crippen molar-refractivity contribution in [1.82, 2.24) is 5.32 Å². The predicted molar refractivity (Wildman–Crippen MR) is 104 cm³/mol. The summed E-state index contributed by atoms with van der Waals surface area (Å²) in [6, 6.07) is 9.89. The van der Waals surface area contributed by atoms with Crippen LogP contribution in [0.5, 0.6) is 5.75 Å². The van der Waals surface area contributed by atoms with Gasteiger partial charge >= 0.3 is 0 Å². The number of thiocarbonyl (C=S) groups is 1. The van der Waals surface area contributed by atoms with Gasteiger partial charge in [0.2, 0.25) is 0 Å². The molecule has 0 spiro atoms. The Kier molecular flexibility index (Phi) is 5.53. The molecule has 1 amide bonds. The van der Waals surface area contributed by atoms with Crippen molar-refractivity contribution < 1.29 is 9.53 Å². The summed E-state index contributed by atoms with van der Waals surface area (Å²) in [5.41, 5.74) is 0.855. The van der Waals surface area contributed by atoms with Crippen LogP contribution in [0.15, 0.2) is 45.1 Å². The first kappa shape index (κ1) is 16.7. The number of hydrogen-bond acceptors (Lipinski definition) is 5. The van der Waals surface area contributed by atoms with Crippen LogP contribution in [0.3, 0.4) is 0 Å². The smallest absolute Gasteiger partial charge is 0.263 e. The minimum absolute atomic E-state index is 0.162. The quantitative estimate of drug-likeness (QED) is 0.559. The van der Waals surface area contributed by atoms with Gasteiger partial charge in [-0.3, -0.25) is 4.79 Å². The molecule has 2 heterocycles. The number of amides is 1. The predicted octanol–water partition coefficient (Wildman–Crippen LogP) is 4.62. The van der Waals surface area contributed by atoms with Crippen LogP contribution in [-0.4, -0.2) is 16.8 Å². The molecule has 1 aromatic carbocycles. The van der Waals surface area contributed by atoms with E-state index in [-0.39, 0.29) is 5.91 Å². The Labute approximate surface area is 156 Å². The molecule has 3 nitrogen and oxygen atoms in total. The molecule has 1 fully saturated rings. The van der Waals surface area contributed by atoms with Gasteiger partial charge in [0.1, 0.15) is 10.1 Å². The van der Waals surface area contributed by atoms with Gasteiger partial charge in [-0.15, -0.1) is 11.3 Å². The van der Waals surface area contributed by atoms with Crippen molar-refractivity contribution >= 4 is 67.6 Å². The van der Waals surface area contributed by atoms with Gasteiger partial charge in [0.25, 0.3) is 5.91 Å². The van der Waals surface area contributed by atoms with Gasteiger partial charge in [-0.1, -0.05) is 46.0 Å². The molecule has 1 saturated heterocycles. The first-order valence-corrected chi connectivity index (χ1v) is 9.71. The number of thioether (sulfide) groups is 1. The zero-order valence-electron chi connectivity index (χ0n) is 11.9. The number of thiophene rings is 1. The van der Waals surface area contributed by atoms with E-state index in [4.69, 9.17) is 17.0 Å². The summed E-state index contributed by atoms with van der Waals surface area (Å²) < 4.78 is 7.32. The van der Waals surface area contributed by atoms with E-state index in [1.807, 2.05) is 30.3 Å². The highest BCUT2D eigenvalue weighted by molar-refractivity contribution is 9.10. The Hall–Kier alpha value is -1.15. The van der Waals surface area contributed by atoms with Crippen LogP contribution in [0.25, 0.3) is 6.08 Å². The van der Waals surface area contributed by atoms with Gasteiger partial charge in [-0.05, 0) is 35.7 Å². The molecule has 118 valence electrons. The maximum atomic E-state index is 11.8. The van der Waals surface area contributed by atoms with Crippen LogP contribution in [0.1, 0.15) is 10.4 Å². The largest absolute Gasteiger partial charge is 0.493 e. The van der Waals surface area contributed by atoms with E-state index >= 15 is 0 Å². The highest BCUT2D eigenvalue weighted by Crippen LogP contribution is 2.31. The van der Waals surface area contributed by atoms with Crippen molar-refractivity contribution in [2.45, 2.75) is 6.42 Å². The fourth-order valence-corrected chi connectivity index (χ4v) is 4.15. The number of carbonyl (C=O) groups is 1. The van der Waals surface area contributed by atoms with Crippen LogP contribution >= 0.6 is 51.2 Å². The van der Waals surface area contributed by atoms with Crippen molar-refractivity contribution in [3.05, 3.63) is 55.5 Å². The van der Waals surface area contributed by atoms with E-state index < -0.39 is 0 Å². The van der Waals surface area contributed by atoms with Crippen LogP contribution in [0.4, 0.5) is 0 Å². The molecule has 7 heteroatoms. The molecule has 0 atom stereocenters. The van der Waals surface area contributed by atoms with Crippen molar-refractivity contribution in [2.24, 2.45) is 0 Å². The number of rotatable bonds is 5. The minimum atomic E-state index is -0.162. The maximum Gasteiger partial charge on any atom is 0.263 e. The van der Waals surface area contributed by atoms with Crippen LogP contribution in [-0.2, 0) is 11.2 Å². The normalized spacial score (nSPS) is 16.0. The second-order valence-corrected chi connectivity index (χ2v) is 8.38. The number of halogens is 1. The zero-order valence-corrected chi connectivity index (χ0v) is 15.9. The lowest BCUT2D eigenvalue weighted by molar-refractivity contribution is -0.115. The third-order valence-corrected chi connectivity index (χ3v) is 5.68. The third kappa shape index (κ3) is 4.44. The highest BCUT2D eigenvalue weighted by atomic mass is 79.9. The van der Waals surface area contributed by atoms with Crippen molar-refractivity contribution in [2.75, 3.05) is 6.61 Å². The summed E-state index contributed by atoms with van der Waals surface area (Å²) in [6.07, 6.45) is 2.67. The zero-order chi connectivity index (χ0) is 16.2. The number of carbonyl (C=O) groups excluding carboxylic acids is 1. The van der Waals surface area contributed by atoms with E-state index in [1.54, 1.807) is 11.3 Å². The van der Waals surface area contributed by atoms with Gasteiger partial charge < -0.3 is 10.1 Å². The average molecular weight is 426 g/mol. The second kappa shape index (κ2) is 7.61. The number of benzene rings is 1. The molecule has 0 radical (unpaired) electrons. The fourth-order valence-electron chi connectivity index (χ4n) is 2.04. The van der Waals surface area contributed by atoms with E-state index in [2.05, 4.69) is 32.7 Å².